The normalized spacial score (nSPS) is 25.5. The summed E-state index contributed by atoms with van der Waals surface area (Å²) in [6.45, 7) is 4.37. The van der Waals surface area contributed by atoms with Crippen molar-refractivity contribution in [3.05, 3.63) is 47.4 Å². The molecule has 1 N–H and O–H groups in total. The Labute approximate surface area is 182 Å². The standard InChI is InChI=1S/C23H29N5O3/c1-2-19-17(10-16-12-25-13-22(29)28(16)19)23(30)27-9-7-20-18(14-27)26-21(31-20)6-5-15-4-3-8-24-11-15/h3-4,8,11,16-17,19,25H,2,5-7,9-10,12-14H2,1H3/t16-,17-,19-/m1/s1. The minimum atomic E-state index is -0.127. The molecule has 3 aliphatic heterocycles. The summed E-state index contributed by atoms with van der Waals surface area (Å²) in [7, 11) is 0. The summed E-state index contributed by atoms with van der Waals surface area (Å²) in [5, 5.41) is 3.19. The van der Waals surface area contributed by atoms with Crippen LogP contribution in [0.25, 0.3) is 0 Å². The number of carbonyl (C=O) groups is 2. The Bertz CT molecular complexity index is 959. The van der Waals surface area contributed by atoms with E-state index in [0.717, 1.165) is 55.1 Å². The second-order valence-corrected chi connectivity index (χ2v) is 8.75. The number of nitrogens with one attached hydrogen (secondary N) is 1. The molecular formula is C23H29N5O3. The molecule has 0 aliphatic carbocycles. The van der Waals surface area contributed by atoms with E-state index in [4.69, 9.17) is 9.40 Å². The molecule has 5 heterocycles. The van der Waals surface area contributed by atoms with E-state index in [2.05, 4.69) is 23.3 Å². The molecule has 2 amide bonds. The van der Waals surface area contributed by atoms with Gasteiger partial charge < -0.3 is 19.5 Å². The number of amides is 2. The average Bonchev–Trinajstić information content (AvgIpc) is 3.39. The van der Waals surface area contributed by atoms with Crippen molar-refractivity contribution >= 4 is 11.8 Å². The lowest BCUT2D eigenvalue weighted by Gasteiger charge is -2.35. The van der Waals surface area contributed by atoms with Gasteiger partial charge in [0.1, 0.15) is 11.5 Å². The van der Waals surface area contributed by atoms with Gasteiger partial charge in [-0.05, 0) is 30.9 Å². The Morgan fingerprint density at radius 2 is 2.26 bits per heavy atom. The zero-order valence-electron chi connectivity index (χ0n) is 17.9. The summed E-state index contributed by atoms with van der Waals surface area (Å²) in [4.78, 5) is 38.6. The van der Waals surface area contributed by atoms with Gasteiger partial charge in [0.15, 0.2) is 5.89 Å². The molecule has 2 saturated heterocycles. The molecule has 0 saturated carbocycles. The fourth-order valence-electron chi connectivity index (χ4n) is 5.36. The van der Waals surface area contributed by atoms with E-state index >= 15 is 0 Å². The predicted molar refractivity (Wildman–Crippen MR) is 113 cm³/mol. The van der Waals surface area contributed by atoms with E-state index < -0.39 is 0 Å². The molecule has 2 aromatic rings. The van der Waals surface area contributed by atoms with Gasteiger partial charge >= 0.3 is 0 Å². The molecular weight excluding hydrogens is 394 g/mol. The van der Waals surface area contributed by atoms with Gasteiger partial charge in [0, 0.05) is 50.4 Å². The van der Waals surface area contributed by atoms with Crippen LogP contribution < -0.4 is 5.32 Å². The zero-order chi connectivity index (χ0) is 21.4. The first-order valence-corrected chi connectivity index (χ1v) is 11.3. The molecule has 31 heavy (non-hydrogen) atoms. The van der Waals surface area contributed by atoms with Gasteiger partial charge in [-0.15, -0.1) is 0 Å². The highest BCUT2D eigenvalue weighted by Gasteiger charge is 2.48. The topological polar surface area (TPSA) is 91.6 Å². The number of nitrogens with zero attached hydrogens (tertiary/aromatic N) is 4. The number of fused-ring (bicyclic) bond motifs is 2. The maximum Gasteiger partial charge on any atom is 0.237 e. The molecule has 0 spiro atoms. The Morgan fingerprint density at radius 1 is 1.35 bits per heavy atom. The summed E-state index contributed by atoms with van der Waals surface area (Å²) in [6.07, 6.45) is 7.43. The number of rotatable bonds is 5. The quantitative estimate of drug-likeness (QED) is 0.780. The Kier molecular flexibility index (Phi) is 5.48. The van der Waals surface area contributed by atoms with Gasteiger partial charge in [-0.25, -0.2) is 4.98 Å². The van der Waals surface area contributed by atoms with Crippen LogP contribution in [0.5, 0.6) is 0 Å². The second kappa shape index (κ2) is 8.42. The monoisotopic (exact) mass is 423 g/mol. The SMILES string of the molecule is CC[C@@H]1[C@H](C(=O)N2CCc3oc(CCc4cccnc4)nc3C2)C[C@@H]2CNCC(=O)N21. The van der Waals surface area contributed by atoms with E-state index in [1.54, 1.807) is 6.20 Å². The van der Waals surface area contributed by atoms with Crippen LogP contribution in [0.1, 0.15) is 42.7 Å². The van der Waals surface area contributed by atoms with Crippen LogP contribution in [0.4, 0.5) is 0 Å². The number of carbonyl (C=O) groups excluding carboxylic acids is 2. The molecule has 0 unspecified atom stereocenters. The van der Waals surface area contributed by atoms with Gasteiger partial charge in [0.05, 0.1) is 19.0 Å². The van der Waals surface area contributed by atoms with Gasteiger partial charge in [-0.1, -0.05) is 13.0 Å². The smallest absolute Gasteiger partial charge is 0.237 e. The van der Waals surface area contributed by atoms with Crippen molar-refractivity contribution in [2.75, 3.05) is 19.6 Å². The maximum atomic E-state index is 13.4. The van der Waals surface area contributed by atoms with Crippen LogP contribution in [-0.4, -0.2) is 63.3 Å². The number of oxazole rings is 1. The molecule has 3 atom stereocenters. The highest BCUT2D eigenvalue weighted by atomic mass is 16.4. The Hall–Kier alpha value is -2.74. The Morgan fingerprint density at radius 3 is 3.06 bits per heavy atom. The number of aromatic nitrogens is 2. The lowest BCUT2D eigenvalue weighted by atomic mass is 9.94. The summed E-state index contributed by atoms with van der Waals surface area (Å²) in [5.74, 6) is 1.77. The van der Waals surface area contributed by atoms with Crippen molar-refractivity contribution < 1.29 is 14.0 Å². The van der Waals surface area contributed by atoms with Crippen molar-refractivity contribution in [3.8, 4) is 0 Å². The molecule has 2 fully saturated rings. The fraction of sp³-hybridized carbons (Fsp3) is 0.565. The largest absolute Gasteiger partial charge is 0.445 e. The lowest BCUT2D eigenvalue weighted by molar-refractivity contribution is -0.139. The third-order valence-electron chi connectivity index (χ3n) is 6.85. The summed E-state index contributed by atoms with van der Waals surface area (Å²) in [6, 6.07) is 4.12. The van der Waals surface area contributed by atoms with Gasteiger partial charge in [-0.3, -0.25) is 14.6 Å². The second-order valence-electron chi connectivity index (χ2n) is 8.75. The first-order chi connectivity index (χ1) is 15.1. The highest BCUT2D eigenvalue weighted by Crippen LogP contribution is 2.35. The average molecular weight is 424 g/mol. The number of pyridine rings is 1. The van der Waals surface area contributed by atoms with E-state index in [1.807, 2.05) is 22.1 Å². The molecule has 2 aromatic heterocycles. The number of aryl methyl sites for hydroxylation is 2. The van der Waals surface area contributed by atoms with Crippen LogP contribution in [0, 0.1) is 5.92 Å². The van der Waals surface area contributed by atoms with Crippen molar-refractivity contribution in [2.45, 2.75) is 57.7 Å². The Balaban J connectivity index is 1.25. The minimum Gasteiger partial charge on any atom is -0.445 e. The van der Waals surface area contributed by atoms with Gasteiger partial charge in [0.2, 0.25) is 11.8 Å². The number of hydrogen-bond donors (Lipinski definition) is 1. The zero-order valence-corrected chi connectivity index (χ0v) is 17.9. The molecule has 0 radical (unpaired) electrons. The minimum absolute atomic E-state index is 0.000786. The molecule has 164 valence electrons. The molecule has 0 bridgehead atoms. The lowest BCUT2D eigenvalue weighted by Crippen LogP contribution is -2.55. The van der Waals surface area contributed by atoms with Crippen LogP contribution in [0.2, 0.25) is 0 Å². The van der Waals surface area contributed by atoms with Crippen LogP contribution in [-0.2, 0) is 35.4 Å². The molecule has 0 aromatic carbocycles. The van der Waals surface area contributed by atoms with E-state index in [-0.39, 0.29) is 29.8 Å². The first kappa shape index (κ1) is 20.2. The number of hydrogen-bond acceptors (Lipinski definition) is 6. The van der Waals surface area contributed by atoms with Crippen molar-refractivity contribution in [1.29, 1.82) is 0 Å². The summed E-state index contributed by atoms with van der Waals surface area (Å²) in [5.41, 5.74) is 2.03. The van der Waals surface area contributed by atoms with Crippen LogP contribution in [0.15, 0.2) is 28.9 Å². The maximum absolute atomic E-state index is 13.4. The predicted octanol–water partition coefficient (Wildman–Crippen LogP) is 1.34. The van der Waals surface area contributed by atoms with E-state index in [0.29, 0.717) is 26.1 Å². The van der Waals surface area contributed by atoms with Gasteiger partial charge in [-0.2, -0.15) is 0 Å². The van der Waals surface area contributed by atoms with Gasteiger partial charge in [0.25, 0.3) is 0 Å². The third kappa shape index (κ3) is 3.84. The fourth-order valence-corrected chi connectivity index (χ4v) is 5.36. The molecule has 3 aliphatic rings. The van der Waals surface area contributed by atoms with Crippen molar-refractivity contribution in [2.24, 2.45) is 5.92 Å². The van der Waals surface area contributed by atoms with Crippen LogP contribution in [0.3, 0.4) is 0 Å². The van der Waals surface area contributed by atoms with Crippen LogP contribution >= 0.6 is 0 Å². The molecule has 8 nitrogen and oxygen atoms in total. The first-order valence-electron chi connectivity index (χ1n) is 11.3. The van der Waals surface area contributed by atoms with E-state index in [9.17, 15) is 9.59 Å². The van der Waals surface area contributed by atoms with Crippen molar-refractivity contribution in [1.82, 2.24) is 25.1 Å². The highest BCUT2D eigenvalue weighted by molar-refractivity contribution is 5.85. The van der Waals surface area contributed by atoms with Crippen molar-refractivity contribution in [3.63, 3.8) is 0 Å². The third-order valence-corrected chi connectivity index (χ3v) is 6.85. The summed E-state index contributed by atoms with van der Waals surface area (Å²) >= 11 is 0. The number of piperazine rings is 1. The molecule has 5 rings (SSSR count). The summed E-state index contributed by atoms with van der Waals surface area (Å²) < 4.78 is 5.98. The molecule has 8 heteroatoms. The van der Waals surface area contributed by atoms with E-state index in [1.165, 1.54) is 0 Å².